The van der Waals surface area contributed by atoms with Crippen LogP contribution in [0.4, 0.5) is 5.69 Å². The van der Waals surface area contributed by atoms with Crippen molar-refractivity contribution in [1.29, 1.82) is 5.26 Å². The van der Waals surface area contributed by atoms with E-state index in [9.17, 15) is 8.42 Å². The van der Waals surface area contributed by atoms with Gasteiger partial charge in [0.2, 0.25) is 10.0 Å². The summed E-state index contributed by atoms with van der Waals surface area (Å²) in [5.74, 6) is 4.77. The highest BCUT2D eigenvalue weighted by atomic mass is 32.2. The van der Waals surface area contributed by atoms with Crippen LogP contribution < -0.4 is 9.46 Å². The molecule has 0 saturated carbocycles. The van der Waals surface area contributed by atoms with Gasteiger partial charge in [-0.05, 0) is 18.2 Å². The maximum absolute atomic E-state index is 11.5. The number of ether oxygens (including phenoxy) is 1. The Labute approximate surface area is 111 Å². The number of sulfonamides is 1. The van der Waals surface area contributed by atoms with Crippen molar-refractivity contribution >= 4 is 15.7 Å². The molecule has 1 aromatic carbocycles. The second-order valence-corrected chi connectivity index (χ2v) is 5.12. The van der Waals surface area contributed by atoms with E-state index < -0.39 is 15.8 Å². The van der Waals surface area contributed by atoms with Crippen LogP contribution in [0.15, 0.2) is 18.2 Å². The summed E-state index contributed by atoms with van der Waals surface area (Å²) < 4.78 is 30.3. The average Bonchev–Trinajstić information content (AvgIpc) is 2.36. The molecule has 0 atom stereocenters. The Morgan fingerprint density at radius 2 is 2.21 bits per heavy atom. The third-order valence-electron chi connectivity index (χ3n) is 2.03. The lowest BCUT2D eigenvalue weighted by Crippen LogP contribution is -2.16. The normalized spacial score (nSPS) is 9.95. The second-order valence-electron chi connectivity index (χ2n) is 3.39. The van der Waals surface area contributed by atoms with E-state index >= 15 is 0 Å². The highest BCUT2D eigenvalue weighted by Crippen LogP contribution is 2.26. The maximum atomic E-state index is 11.5. The minimum atomic E-state index is -3.74. The van der Waals surface area contributed by atoms with Crippen molar-refractivity contribution in [3.8, 4) is 23.7 Å². The lowest BCUT2D eigenvalue weighted by Gasteiger charge is -2.10. The Hall–Kier alpha value is -2.22. The molecule has 2 N–H and O–H groups in total. The van der Waals surface area contributed by atoms with Gasteiger partial charge >= 0.3 is 0 Å². The summed E-state index contributed by atoms with van der Waals surface area (Å²) in [4.78, 5) is 0. The molecule has 6 nitrogen and oxygen atoms in total. The zero-order valence-electron chi connectivity index (χ0n) is 10.2. The fourth-order valence-corrected chi connectivity index (χ4v) is 2.03. The van der Waals surface area contributed by atoms with Crippen molar-refractivity contribution in [2.45, 2.75) is 0 Å². The molecule has 1 aromatic rings. The number of nitriles is 1. The minimum Gasteiger partial charge on any atom is -0.495 e. The molecule has 0 aromatic heterocycles. The van der Waals surface area contributed by atoms with Crippen LogP contribution in [0, 0.1) is 23.2 Å². The number of benzene rings is 1. The molecule has 0 radical (unpaired) electrons. The predicted octanol–water partition coefficient (Wildman–Crippen LogP) is 0.304. The van der Waals surface area contributed by atoms with Gasteiger partial charge in [-0.2, -0.15) is 5.26 Å². The lowest BCUT2D eigenvalue weighted by atomic mass is 10.2. The van der Waals surface area contributed by atoms with E-state index in [4.69, 9.17) is 15.1 Å². The number of aliphatic hydroxyl groups is 1. The van der Waals surface area contributed by atoms with Gasteiger partial charge < -0.3 is 9.84 Å². The smallest absolute Gasteiger partial charge is 0.246 e. The van der Waals surface area contributed by atoms with Crippen molar-refractivity contribution < 1.29 is 18.3 Å². The summed E-state index contributed by atoms with van der Waals surface area (Å²) >= 11 is 0. The monoisotopic (exact) mass is 280 g/mol. The molecule has 0 bridgehead atoms. The third kappa shape index (κ3) is 4.51. The average molecular weight is 280 g/mol. The Balaban J connectivity index is 3.14. The summed E-state index contributed by atoms with van der Waals surface area (Å²) in [6, 6.07) is 6.21. The van der Waals surface area contributed by atoms with E-state index in [1.165, 1.54) is 13.2 Å². The number of hydrogen-bond donors (Lipinski definition) is 2. The van der Waals surface area contributed by atoms with Crippen LogP contribution in [0.3, 0.4) is 0 Å². The summed E-state index contributed by atoms with van der Waals surface area (Å²) in [6.07, 6.45) is 0. The summed E-state index contributed by atoms with van der Waals surface area (Å²) in [6.45, 7) is -0.290. The molecule has 0 saturated heterocycles. The minimum absolute atomic E-state index is 0.197. The Morgan fingerprint density at radius 3 is 2.79 bits per heavy atom. The summed E-state index contributed by atoms with van der Waals surface area (Å²) in [7, 11) is -2.34. The van der Waals surface area contributed by atoms with Gasteiger partial charge in [0, 0.05) is 5.56 Å². The summed E-state index contributed by atoms with van der Waals surface area (Å²) in [5.41, 5.74) is 0.715. The first-order valence-electron chi connectivity index (χ1n) is 5.17. The first-order chi connectivity index (χ1) is 9.02. The van der Waals surface area contributed by atoms with Crippen LogP contribution in [0.2, 0.25) is 0 Å². The van der Waals surface area contributed by atoms with E-state index in [0.717, 1.165) is 0 Å². The number of nitrogens with one attached hydrogen (secondary N) is 1. The van der Waals surface area contributed by atoms with Crippen LogP contribution in [-0.4, -0.2) is 33.0 Å². The predicted molar refractivity (Wildman–Crippen MR) is 70.0 cm³/mol. The molecule has 0 aliphatic rings. The highest BCUT2D eigenvalue weighted by molar-refractivity contribution is 7.92. The highest BCUT2D eigenvalue weighted by Gasteiger charge is 2.13. The molecule has 0 aliphatic carbocycles. The molecule has 19 heavy (non-hydrogen) atoms. The first-order valence-corrected chi connectivity index (χ1v) is 6.83. The number of nitrogens with zero attached hydrogens (tertiary/aromatic N) is 1. The van der Waals surface area contributed by atoms with Gasteiger partial charge in [0.05, 0.1) is 18.9 Å². The van der Waals surface area contributed by atoms with Gasteiger partial charge in [0.1, 0.15) is 12.4 Å². The quantitative estimate of drug-likeness (QED) is 0.773. The van der Waals surface area contributed by atoms with Gasteiger partial charge in [0.25, 0.3) is 0 Å². The first kappa shape index (κ1) is 14.8. The Bertz CT molecular complexity index is 651. The Morgan fingerprint density at radius 1 is 1.47 bits per heavy atom. The maximum Gasteiger partial charge on any atom is 0.246 e. The van der Waals surface area contributed by atoms with E-state index in [1.54, 1.807) is 18.2 Å². The van der Waals surface area contributed by atoms with Crippen LogP contribution >= 0.6 is 0 Å². The fourth-order valence-electron chi connectivity index (χ4n) is 1.30. The van der Waals surface area contributed by atoms with Crippen molar-refractivity contribution in [2.75, 3.05) is 24.2 Å². The molecule has 0 spiro atoms. The number of aliphatic hydroxyl groups excluding tert-OH is 1. The molecule has 100 valence electrons. The van der Waals surface area contributed by atoms with Gasteiger partial charge in [-0.3, -0.25) is 4.72 Å². The molecule has 0 unspecified atom stereocenters. The van der Waals surface area contributed by atoms with Crippen molar-refractivity contribution in [2.24, 2.45) is 0 Å². The van der Waals surface area contributed by atoms with Gasteiger partial charge in [-0.15, -0.1) is 0 Å². The fraction of sp³-hybridized carbons (Fsp3) is 0.250. The molecular formula is C12H12N2O4S. The number of rotatable bonds is 4. The van der Waals surface area contributed by atoms with Crippen molar-refractivity contribution in [3.05, 3.63) is 23.8 Å². The SMILES string of the molecule is COc1ccc(C#CCO)cc1NS(=O)(=O)CC#N. The van der Waals surface area contributed by atoms with Gasteiger partial charge in [-0.25, -0.2) is 8.42 Å². The Kier molecular flexibility index (Phi) is 5.19. The molecule has 1 rings (SSSR count). The number of methoxy groups -OCH3 is 1. The molecule has 0 heterocycles. The van der Waals surface area contributed by atoms with Gasteiger partial charge in [-0.1, -0.05) is 11.8 Å². The molecule has 7 heteroatoms. The van der Waals surface area contributed by atoms with Crippen LogP contribution in [-0.2, 0) is 10.0 Å². The van der Waals surface area contributed by atoms with Crippen LogP contribution in [0.25, 0.3) is 0 Å². The zero-order valence-corrected chi connectivity index (χ0v) is 11.0. The molecule has 0 amide bonds. The molecule has 0 fully saturated rings. The van der Waals surface area contributed by atoms with Crippen LogP contribution in [0.5, 0.6) is 5.75 Å². The van der Waals surface area contributed by atoms with E-state index in [2.05, 4.69) is 16.6 Å². The van der Waals surface area contributed by atoms with Crippen LogP contribution in [0.1, 0.15) is 5.56 Å². The topological polar surface area (TPSA) is 99.4 Å². The lowest BCUT2D eigenvalue weighted by molar-refractivity contribution is 0.350. The number of hydrogen-bond acceptors (Lipinski definition) is 5. The molecule has 0 aliphatic heterocycles. The van der Waals surface area contributed by atoms with Gasteiger partial charge in [0.15, 0.2) is 5.75 Å². The van der Waals surface area contributed by atoms with Crippen molar-refractivity contribution in [3.63, 3.8) is 0 Å². The van der Waals surface area contributed by atoms with Crippen molar-refractivity contribution in [1.82, 2.24) is 0 Å². The number of anilines is 1. The summed E-state index contributed by atoms with van der Waals surface area (Å²) in [5, 5.41) is 17.0. The zero-order chi connectivity index (χ0) is 14.3. The van der Waals surface area contributed by atoms with E-state index in [-0.39, 0.29) is 12.3 Å². The van der Waals surface area contributed by atoms with E-state index in [0.29, 0.717) is 11.3 Å². The standard InChI is InChI=1S/C12H12N2O4S/c1-18-12-5-4-10(3-2-7-15)9-11(12)14-19(16,17)8-6-13/h4-5,9,14-15H,7-8H2,1H3. The third-order valence-corrected chi connectivity index (χ3v) is 3.07. The second kappa shape index (κ2) is 6.64. The van der Waals surface area contributed by atoms with E-state index in [1.807, 2.05) is 0 Å². The largest absolute Gasteiger partial charge is 0.495 e. The molecular weight excluding hydrogens is 268 g/mol.